The van der Waals surface area contributed by atoms with Gasteiger partial charge in [-0.05, 0) is 31.4 Å². The summed E-state index contributed by atoms with van der Waals surface area (Å²) >= 11 is 0. The van der Waals surface area contributed by atoms with Crippen molar-refractivity contribution in [3.05, 3.63) is 45.9 Å². The van der Waals surface area contributed by atoms with Gasteiger partial charge in [-0.3, -0.25) is 19.6 Å². The lowest BCUT2D eigenvalue weighted by atomic mass is 10.1. The van der Waals surface area contributed by atoms with Crippen molar-refractivity contribution in [1.29, 1.82) is 0 Å². The smallest absolute Gasteiger partial charge is 0.340 e. The second-order valence-corrected chi connectivity index (χ2v) is 6.88. The number of H-pyrrole nitrogens is 2. The van der Waals surface area contributed by atoms with Crippen molar-refractivity contribution in [2.45, 2.75) is 38.6 Å². The first kappa shape index (κ1) is 18.8. The number of aromatic amines is 2. The predicted molar refractivity (Wildman–Crippen MR) is 98.2 cm³/mol. The predicted octanol–water partition coefficient (Wildman–Crippen LogP) is 0.497. The number of rotatable bonds is 6. The van der Waals surface area contributed by atoms with Crippen LogP contribution in [0.4, 0.5) is 0 Å². The van der Waals surface area contributed by atoms with Crippen molar-refractivity contribution >= 4 is 11.8 Å². The SMILES string of the molecule is Cc1ccncc1C(=O)N1CCC[C@@H]1CN(C)C(=O)CCc1n[nH]c(=O)[nH]1. The van der Waals surface area contributed by atoms with Crippen molar-refractivity contribution < 1.29 is 9.59 Å². The van der Waals surface area contributed by atoms with Crippen LogP contribution in [0.25, 0.3) is 0 Å². The Bertz CT molecular complexity index is 874. The number of carbonyl (C=O) groups excluding carboxylic acids is 2. The van der Waals surface area contributed by atoms with Crippen LogP contribution in [0.2, 0.25) is 0 Å². The zero-order chi connectivity index (χ0) is 19.4. The van der Waals surface area contributed by atoms with Crippen LogP contribution in [0.15, 0.2) is 23.3 Å². The monoisotopic (exact) mass is 372 g/mol. The molecule has 0 saturated carbocycles. The number of aryl methyl sites for hydroxylation is 2. The molecule has 1 atom stereocenters. The number of likely N-dealkylation sites (N-methyl/N-ethyl adjacent to an activating group) is 1. The van der Waals surface area contributed by atoms with Crippen LogP contribution in [0, 0.1) is 6.92 Å². The third-order valence-corrected chi connectivity index (χ3v) is 4.94. The van der Waals surface area contributed by atoms with Gasteiger partial charge >= 0.3 is 5.69 Å². The Morgan fingerprint density at radius 3 is 2.93 bits per heavy atom. The van der Waals surface area contributed by atoms with Crippen LogP contribution in [0.1, 0.15) is 41.0 Å². The molecule has 1 aliphatic rings. The van der Waals surface area contributed by atoms with Gasteiger partial charge in [-0.15, -0.1) is 0 Å². The van der Waals surface area contributed by atoms with Gasteiger partial charge in [-0.25, -0.2) is 9.89 Å². The highest BCUT2D eigenvalue weighted by atomic mass is 16.2. The number of nitrogens with one attached hydrogen (secondary N) is 2. The molecule has 0 radical (unpaired) electrons. The van der Waals surface area contributed by atoms with Crippen molar-refractivity contribution in [3.8, 4) is 0 Å². The highest BCUT2D eigenvalue weighted by Crippen LogP contribution is 2.22. The molecule has 2 N–H and O–H groups in total. The first-order chi connectivity index (χ1) is 13.0. The molecule has 144 valence electrons. The Labute approximate surface area is 156 Å². The average Bonchev–Trinajstić information content (AvgIpc) is 3.28. The number of likely N-dealkylation sites (tertiary alicyclic amines) is 1. The lowest BCUT2D eigenvalue weighted by molar-refractivity contribution is -0.130. The zero-order valence-corrected chi connectivity index (χ0v) is 15.6. The van der Waals surface area contributed by atoms with Crippen LogP contribution in [-0.4, -0.2) is 68.0 Å². The summed E-state index contributed by atoms with van der Waals surface area (Å²) < 4.78 is 0. The molecule has 9 nitrogen and oxygen atoms in total. The number of carbonyl (C=O) groups is 2. The molecule has 3 rings (SSSR count). The maximum Gasteiger partial charge on any atom is 0.340 e. The summed E-state index contributed by atoms with van der Waals surface area (Å²) in [7, 11) is 1.74. The Morgan fingerprint density at radius 2 is 2.22 bits per heavy atom. The normalized spacial score (nSPS) is 16.5. The third-order valence-electron chi connectivity index (χ3n) is 4.94. The fourth-order valence-corrected chi connectivity index (χ4v) is 3.39. The summed E-state index contributed by atoms with van der Waals surface area (Å²) in [4.78, 5) is 46.4. The van der Waals surface area contributed by atoms with Gasteiger partial charge in [0.25, 0.3) is 5.91 Å². The molecule has 0 bridgehead atoms. The van der Waals surface area contributed by atoms with Gasteiger partial charge in [0, 0.05) is 51.4 Å². The molecule has 9 heteroatoms. The molecule has 0 unspecified atom stereocenters. The highest BCUT2D eigenvalue weighted by Gasteiger charge is 2.31. The zero-order valence-electron chi connectivity index (χ0n) is 15.6. The molecule has 2 aromatic rings. The fraction of sp³-hybridized carbons (Fsp3) is 0.500. The Balaban J connectivity index is 1.58. The van der Waals surface area contributed by atoms with E-state index in [1.807, 2.05) is 17.9 Å². The second-order valence-electron chi connectivity index (χ2n) is 6.88. The van der Waals surface area contributed by atoms with E-state index in [1.165, 1.54) is 0 Å². The summed E-state index contributed by atoms with van der Waals surface area (Å²) in [6.45, 7) is 3.07. The molecule has 0 aromatic carbocycles. The van der Waals surface area contributed by atoms with E-state index in [1.54, 1.807) is 24.3 Å². The molecular formula is C18H24N6O3. The minimum atomic E-state index is -0.378. The van der Waals surface area contributed by atoms with Crippen LogP contribution >= 0.6 is 0 Å². The first-order valence-electron chi connectivity index (χ1n) is 9.05. The summed E-state index contributed by atoms with van der Waals surface area (Å²) in [5.41, 5.74) is 1.13. The number of hydrogen-bond acceptors (Lipinski definition) is 5. The Kier molecular flexibility index (Phi) is 5.68. The van der Waals surface area contributed by atoms with Crippen LogP contribution < -0.4 is 5.69 Å². The molecule has 0 spiro atoms. The second kappa shape index (κ2) is 8.15. The molecule has 27 heavy (non-hydrogen) atoms. The summed E-state index contributed by atoms with van der Waals surface area (Å²) in [5.74, 6) is 0.389. The van der Waals surface area contributed by atoms with Gasteiger partial charge in [0.2, 0.25) is 5.91 Å². The van der Waals surface area contributed by atoms with Gasteiger partial charge in [-0.1, -0.05) is 0 Å². The van der Waals surface area contributed by atoms with Crippen molar-refractivity contribution in [3.63, 3.8) is 0 Å². The lowest BCUT2D eigenvalue weighted by Gasteiger charge is -2.29. The minimum Gasteiger partial charge on any atom is -0.344 e. The van der Waals surface area contributed by atoms with E-state index in [4.69, 9.17) is 0 Å². The van der Waals surface area contributed by atoms with Gasteiger partial charge in [-0.2, -0.15) is 5.10 Å². The number of hydrogen-bond donors (Lipinski definition) is 2. The maximum atomic E-state index is 12.9. The van der Waals surface area contributed by atoms with E-state index < -0.39 is 0 Å². The fourth-order valence-electron chi connectivity index (χ4n) is 3.39. The van der Waals surface area contributed by atoms with E-state index in [0.717, 1.165) is 18.4 Å². The summed E-state index contributed by atoms with van der Waals surface area (Å²) in [6, 6.07) is 1.82. The first-order valence-corrected chi connectivity index (χ1v) is 9.05. The lowest BCUT2D eigenvalue weighted by Crippen LogP contribution is -2.44. The van der Waals surface area contributed by atoms with E-state index in [9.17, 15) is 14.4 Å². The molecule has 2 aromatic heterocycles. The standard InChI is InChI=1S/C18H24N6O3/c1-12-7-8-19-10-14(12)17(26)24-9-3-4-13(24)11-23(2)16(25)6-5-15-20-18(27)22-21-15/h7-8,10,13H,3-6,9,11H2,1-2H3,(H2,20,21,22,27)/t13-/m1/s1. The minimum absolute atomic E-state index is 0.00348. The van der Waals surface area contributed by atoms with Crippen molar-refractivity contribution in [2.24, 2.45) is 0 Å². The molecule has 0 aliphatic carbocycles. The summed E-state index contributed by atoms with van der Waals surface area (Å²) in [6.07, 6.45) is 5.69. The molecule has 2 amide bonds. The van der Waals surface area contributed by atoms with Crippen LogP contribution in [-0.2, 0) is 11.2 Å². The van der Waals surface area contributed by atoms with E-state index in [0.29, 0.717) is 30.9 Å². The van der Waals surface area contributed by atoms with E-state index in [2.05, 4.69) is 20.2 Å². The maximum absolute atomic E-state index is 12.9. The molecule has 1 fully saturated rings. The van der Waals surface area contributed by atoms with E-state index in [-0.39, 0.29) is 30.0 Å². The number of amides is 2. The Morgan fingerprint density at radius 1 is 1.41 bits per heavy atom. The average molecular weight is 372 g/mol. The third kappa shape index (κ3) is 4.42. The quantitative estimate of drug-likeness (QED) is 0.766. The van der Waals surface area contributed by atoms with Gasteiger partial charge in [0.15, 0.2) is 0 Å². The van der Waals surface area contributed by atoms with Crippen molar-refractivity contribution in [2.75, 3.05) is 20.1 Å². The number of nitrogens with zero attached hydrogens (tertiary/aromatic N) is 4. The van der Waals surface area contributed by atoms with Gasteiger partial charge in [0.1, 0.15) is 5.82 Å². The topological polar surface area (TPSA) is 115 Å². The van der Waals surface area contributed by atoms with Crippen LogP contribution in [0.3, 0.4) is 0 Å². The largest absolute Gasteiger partial charge is 0.344 e. The Hall–Kier alpha value is -2.97. The van der Waals surface area contributed by atoms with Crippen molar-refractivity contribution in [1.82, 2.24) is 30.0 Å². The number of aromatic nitrogens is 4. The van der Waals surface area contributed by atoms with E-state index >= 15 is 0 Å². The van der Waals surface area contributed by atoms with Crippen LogP contribution in [0.5, 0.6) is 0 Å². The number of pyridine rings is 1. The van der Waals surface area contributed by atoms with Gasteiger partial charge < -0.3 is 9.80 Å². The summed E-state index contributed by atoms with van der Waals surface area (Å²) in [5, 5.41) is 6.09. The molecular weight excluding hydrogens is 348 g/mol. The van der Waals surface area contributed by atoms with Gasteiger partial charge in [0.05, 0.1) is 5.56 Å². The molecule has 1 aliphatic heterocycles. The highest BCUT2D eigenvalue weighted by molar-refractivity contribution is 5.95. The molecule has 3 heterocycles. The molecule has 1 saturated heterocycles.